The lowest BCUT2D eigenvalue weighted by Gasteiger charge is -2.35. The molecule has 2 aromatic carbocycles. The molecule has 1 atom stereocenters. The van der Waals surface area contributed by atoms with Crippen molar-refractivity contribution in [3.63, 3.8) is 0 Å². The molecule has 59 heavy (non-hydrogen) atoms. The van der Waals surface area contributed by atoms with Crippen LogP contribution in [0.1, 0.15) is 52.9 Å². The van der Waals surface area contributed by atoms with Gasteiger partial charge in [-0.15, -0.1) is 0 Å². The molecule has 14 nitrogen and oxygen atoms in total. The Morgan fingerprint density at radius 2 is 1.75 bits per heavy atom. The lowest BCUT2D eigenvalue weighted by atomic mass is 9.92. The van der Waals surface area contributed by atoms with Crippen molar-refractivity contribution in [3.8, 4) is 46.4 Å². The van der Waals surface area contributed by atoms with Crippen molar-refractivity contribution in [1.29, 1.82) is 5.26 Å². The molecule has 4 aromatic heterocycles. The number of nitrogens with one attached hydrogen (secondary N) is 1. The van der Waals surface area contributed by atoms with Crippen molar-refractivity contribution in [1.82, 2.24) is 29.7 Å². The second-order valence-corrected chi connectivity index (χ2v) is 14.6. The zero-order chi connectivity index (χ0) is 40.5. The molecule has 1 saturated heterocycles. The smallest absolute Gasteiger partial charge is 0.255 e. The van der Waals surface area contributed by atoms with E-state index in [2.05, 4.69) is 68.0 Å². The van der Waals surface area contributed by atoms with Crippen LogP contribution in [0.3, 0.4) is 0 Å². The van der Waals surface area contributed by atoms with Gasteiger partial charge in [-0.05, 0) is 65.9 Å². The Balaban J connectivity index is 0.704. The Hall–Kier alpha value is -7.29. The third-order valence-corrected chi connectivity index (χ3v) is 10.9. The lowest BCUT2D eigenvalue weighted by molar-refractivity contribution is -0.136. The molecule has 6 heterocycles. The summed E-state index contributed by atoms with van der Waals surface area (Å²) < 4.78 is 25.8. The molecule has 14 heteroatoms. The standard InChI is InChI=1S/C45H37N7O7/c1-51-38-12-13-47-24-37(38)36-7-4-27(19-40(36)51)28-5-11-43(49-23-28)59-34-20-33(21-34)58-41-25-48-31(17-29(41)22-46)3-2-14-56-15-16-57-32-6-8-35-30(18-32)26-52(45(35)55)39-9-10-42(53)50-44(39)54/h4-8,11-13,17-19,23-25,33-34,39H,9-10,14-16,20-21,26H2,1H3,(H,50,53,54)/t33?,34?,39-/m0/s1. The number of carbonyl (C=O) groups excluding carboxylic acids is 3. The molecule has 0 radical (unpaired) electrons. The Bertz CT molecular complexity index is 2740. The van der Waals surface area contributed by atoms with Crippen molar-refractivity contribution in [2.24, 2.45) is 7.05 Å². The van der Waals surface area contributed by atoms with Gasteiger partial charge in [-0.1, -0.05) is 18.1 Å². The van der Waals surface area contributed by atoms with E-state index in [0.29, 0.717) is 53.5 Å². The number of rotatable bonds is 11. The molecular formula is C45H37N7O7. The summed E-state index contributed by atoms with van der Waals surface area (Å²) in [5.74, 6) is 6.35. The minimum atomic E-state index is -0.667. The first-order chi connectivity index (χ1) is 28.8. The summed E-state index contributed by atoms with van der Waals surface area (Å²) in [5, 5.41) is 14.4. The highest BCUT2D eigenvalue weighted by Crippen LogP contribution is 2.34. The van der Waals surface area contributed by atoms with Crippen LogP contribution in [0.4, 0.5) is 0 Å². The highest BCUT2D eigenvalue weighted by atomic mass is 16.5. The Morgan fingerprint density at radius 1 is 0.881 bits per heavy atom. The van der Waals surface area contributed by atoms with Crippen molar-refractivity contribution < 1.29 is 33.3 Å². The van der Waals surface area contributed by atoms with Gasteiger partial charge in [-0.2, -0.15) is 5.26 Å². The second-order valence-electron chi connectivity index (χ2n) is 14.6. The van der Waals surface area contributed by atoms with Crippen molar-refractivity contribution in [2.45, 2.75) is 50.5 Å². The average molecular weight is 788 g/mol. The molecule has 9 rings (SSSR count). The van der Waals surface area contributed by atoms with E-state index in [1.165, 1.54) is 11.1 Å². The van der Waals surface area contributed by atoms with E-state index < -0.39 is 11.9 Å². The maximum absolute atomic E-state index is 12.9. The predicted octanol–water partition coefficient (Wildman–Crippen LogP) is 5.25. The minimum Gasteiger partial charge on any atom is -0.491 e. The van der Waals surface area contributed by atoms with Crippen molar-refractivity contribution >= 4 is 39.5 Å². The summed E-state index contributed by atoms with van der Waals surface area (Å²) in [6.45, 7) is 0.928. The Kier molecular flexibility index (Phi) is 10.1. The number of fused-ring (bicyclic) bond motifs is 4. The largest absolute Gasteiger partial charge is 0.491 e. The summed E-state index contributed by atoms with van der Waals surface area (Å²) in [6, 6.07) is 20.6. The number of imide groups is 1. The predicted molar refractivity (Wildman–Crippen MR) is 214 cm³/mol. The number of pyridine rings is 3. The summed E-state index contributed by atoms with van der Waals surface area (Å²) in [6.07, 6.45) is 8.71. The normalized spacial score (nSPS) is 18.4. The fourth-order valence-corrected chi connectivity index (χ4v) is 7.72. The maximum atomic E-state index is 12.9. The van der Waals surface area contributed by atoms with Gasteiger partial charge < -0.3 is 28.4 Å². The van der Waals surface area contributed by atoms with Gasteiger partial charge in [0, 0.05) is 84.9 Å². The van der Waals surface area contributed by atoms with Gasteiger partial charge in [0.05, 0.1) is 23.9 Å². The zero-order valence-corrected chi connectivity index (χ0v) is 32.0. The van der Waals surface area contributed by atoms with Gasteiger partial charge in [0.25, 0.3) is 5.91 Å². The highest BCUT2D eigenvalue weighted by molar-refractivity contribution is 6.08. The number of nitrogens with zero attached hydrogens (tertiary/aromatic N) is 6. The molecule has 3 amide bonds. The first-order valence-electron chi connectivity index (χ1n) is 19.3. The van der Waals surface area contributed by atoms with Crippen LogP contribution in [0.15, 0.2) is 85.5 Å². The molecule has 1 saturated carbocycles. The number of nitriles is 1. The van der Waals surface area contributed by atoms with Crippen LogP contribution >= 0.6 is 0 Å². The first kappa shape index (κ1) is 37.3. The quantitative estimate of drug-likeness (QED) is 0.103. The number of amides is 3. The number of aromatic nitrogens is 4. The lowest BCUT2D eigenvalue weighted by Crippen LogP contribution is -2.52. The summed E-state index contributed by atoms with van der Waals surface area (Å²) in [5.41, 5.74) is 6.38. The number of hydrogen-bond donors (Lipinski definition) is 1. The van der Waals surface area contributed by atoms with Gasteiger partial charge in [-0.3, -0.25) is 24.7 Å². The molecule has 2 fully saturated rings. The van der Waals surface area contributed by atoms with Crippen molar-refractivity contribution in [3.05, 3.63) is 108 Å². The first-order valence-corrected chi connectivity index (χ1v) is 19.3. The maximum Gasteiger partial charge on any atom is 0.255 e. The summed E-state index contributed by atoms with van der Waals surface area (Å²) in [7, 11) is 2.06. The molecule has 0 unspecified atom stereocenters. The third-order valence-electron chi connectivity index (χ3n) is 10.9. The van der Waals surface area contributed by atoms with Crippen LogP contribution in [0.5, 0.6) is 17.4 Å². The minimum absolute atomic E-state index is 0.0509. The number of aryl methyl sites for hydroxylation is 1. The van der Waals surface area contributed by atoms with Gasteiger partial charge >= 0.3 is 0 Å². The van der Waals surface area contributed by atoms with E-state index in [0.717, 1.165) is 38.5 Å². The number of piperidine rings is 1. The van der Waals surface area contributed by atoms with E-state index in [9.17, 15) is 19.6 Å². The molecule has 1 aliphatic carbocycles. The van der Waals surface area contributed by atoms with Gasteiger partial charge in [0.15, 0.2) is 5.75 Å². The molecule has 0 spiro atoms. The fraction of sp³-hybridized carbons (Fsp3) is 0.267. The molecule has 6 aromatic rings. The summed E-state index contributed by atoms with van der Waals surface area (Å²) in [4.78, 5) is 51.4. The Morgan fingerprint density at radius 3 is 2.58 bits per heavy atom. The average Bonchev–Trinajstić information content (AvgIpc) is 3.72. The number of ether oxygens (including phenoxy) is 4. The number of benzene rings is 2. The van der Waals surface area contributed by atoms with Gasteiger partial charge in [0.1, 0.15) is 49.0 Å². The van der Waals surface area contributed by atoms with E-state index in [-0.39, 0.29) is 56.8 Å². The molecule has 3 aliphatic rings. The second kappa shape index (κ2) is 15.9. The number of hydrogen-bond acceptors (Lipinski definition) is 11. The van der Waals surface area contributed by atoms with Crippen LogP contribution in [0, 0.1) is 23.2 Å². The van der Waals surface area contributed by atoms with E-state index >= 15 is 0 Å². The van der Waals surface area contributed by atoms with Crippen LogP contribution in [0.2, 0.25) is 0 Å². The van der Waals surface area contributed by atoms with E-state index in [1.54, 1.807) is 24.3 Å². The molecule has 1 N–H and O–H groups in total. The van der Waals surface area contributed by atoms with Crippen LogP contribution < -0.4 is 19.5 Å². The highest BCUT2D eigenvalue weighted by Gasteiger charge is 2.39. The molecule has 0 bridgehead atoms. The zero-order valence-electron chi connectivity index (χ0n) is 32.0. The van der Waals surface area contributed by atoms with Crippen molar-refractivity contribution in [2.75, 3.05) is 19.8 Å². The topological polar surface area (TPSA) is 171 Å². The monoisotopic (exact) mass is 787 g/mol. The van der Waals surface area contributed by atoms with Crippen LogP contribution in [-0.4, -0.2) is 80.2 Å². The van der Waals surface area contributed by atoms with Crippen LogP contribution in [-0.2, 0) is 27.9 Å². The van der Waals surface area contributed by atoms with E-state index in [4.69, 9.17) is 18.9 Å². The van der Waals surface area contributed by atoms with Crippen LogP contribution in [0.25, 0.3) is 32.9 Å². The molecule has 2 aliphatic heterocycles. The Labute approximate surface area is 338 Å². The fourth-order valence-electron chi connectivity index (χ4n) is 7.72. The van der Waals surface area contributed by atoms with E-state index in [1.807, 2.05) is 36.8 Å². The third kappa shape index (κ3) is 7.61. The SMILES string of the molecule is Cn1c2ccncc2c2ccc(-c3ccc(OC4CC(Oc5cnc(C#CCOCCOc6ccc7c(c6)CN([C@H]6CCC(=O)NC6=O)C7=O)cc5C#N)C4)nc3)cc21. The van der Waals surface area contributed by atoms with Gasteiger partial charge in [0.2, 0.25) is 17.7 Å². The molecule has 294 valence electrons. The summed E-state index contributed by atoms with van der Waals surface area (Å²) >= 11 is 0. The van der Waals surface area contributed by atoms with Gasteiger partial charge in [-0.25, -0.2) is 9.97 Å². The number of carbonyl (C=O) groups is 3. The molecular weight excluding hydrogens is 751 g/mol.